The monoisotopic (exact) mass is 200 g/mol. The maximum Gasteiger partial charge on any atom is 0.169 e. The van der Waals surface area contributed by atoms with Crippen LogP contribution in [0.3, 0.4) is 0 Å². The van der Waals surface area contributed by atoms with E-state index in [4.69, 9.17) is 16.6 Å². The lowest BCUT2D eigenvalue weighted by Gasteiger charge is -2.09. The van der Waals surface area contributed by atoms with Crippen LogP contribution < -0.4 is 11.5 Å². The van der Waals surface area contributed by atoms with Crippen molar-refractivity contribution < 1.29 is 10.2 Å². The van der Waals surface area contributed by atoms with Crippen LogP contribution >= 0.6 is 0 Å². The number of hydrogen-bond donors (Lipinski definition) is 4. The second-order valence-corrected chi connectivity index (χ2v) is 3.12. The lowest BCUT2D eigenvalue weighted by Crippen LogP contribution is -2.22. The van der Waals surface area contributed by atoms with E-state index in [1.165, 1.54) is 4.68 Å². The number of aromatic nitrogens is 2. The highest BCUT2D eigenvalue weighted by atomic mass is 16.3. The van der Waals surface area contributed by atoms with Gasteiger partial charge in [-0.15, -0.1) is 0 Å². The lowest BCUT2D eigenvalue weighted by atomic mass is 10.3. The van der Waals surface area contributed by atoms with Crippen molar-refractivity contribution in [1.29, 1.82) is 0 Å². The van der Waals surface area contributed by atoms with Gasteiger partial charge in [0.25, 0.3) is 0 Å². The van der Waals surface area contributed by atoms with E-state index in [0.717, 1.165) is 5.69 Å². The first-order chi connectivity index (χ1) is 6.60. The average Bonchev–Trinajstić information content (AvgIpc) is 2.42. The minimum atomic E-state index is -0.834. The summed E-state index contributed by atoms with van der Waals surface area (Å²) in [5.74, 6) is 0.270. The molecule has 1 rings (SSSR count). The lowest BCUT2D eigenvalue weighted by molar-refractivity contribution is 0.0776. The third-order valence-corrected chi connectivity index (χ3v) is 2.06. The molecule has 14 heavy (non-hydrogen) atoms. The van der Waals surface area contributed by atoms with Crippen molar-refractivity contribution in [2.24, 2.45) is 0 Å². The van der Waals surface area contributed by atoms with Crippen molar-refractivity contribution in [2.75, 3.05) is 18.1 Å². The van der Waals surface area contributed by atoms with Gasteiger partial charge in [0.2, 0.25) is 0 Å². The zero-order chi connectivity index (χ0) is 10.7. The number of nitrogen functional groups attached to an aromatic ring is 2. The molecule has 0 saturated heterocycles. The number of hydrogen-bond acceptors (Lipinski definition) is 5. The van der Waals surface area contributed by atoms with E-state index >= 15 is 0 Å². The number of aliphatic hydroxyl groups is 2. The van der Waals surface area contributed by atoms with Crippen LogP contribution in [-0.4, -0.2) is 32.7 Å². The second-order valence-electron chi connectivity index (χ2n) is 3.12. The number of rotatable bonds is 4. The molecule has 6 N–H and O–H groups in total. The first kappa shape index (κ1) is 10.8. The molecule has 6 heteroatoms. The molecule has 0 aliphatic heterocycles. The Hall–Kier alpha value is -1.27. The van der Waals surface area contributed by atoms with Crippen molar-refractivity contribution in [3.05, 3.63) is 5.69 Å². The SMILES string of the molecule is CCc1c(N)c(N)nn1CC(O)CO. The number of nitrogens with zero attached hydrogens (tertiary/aromatic N) is 2. The van der Waals surface area contributed by atoms with Gasteiger partial charge in [-0.05, 0) is 6.42 Å². The van der Waals surface area contributed by atoms with Crippen molar-refractivity contribution in [3.8, 4) is 0 Å². The Morgan fingerprint density at radius 2 is 2.14 bits per heavy atom. The molecule has 0 radical (unpaired) electrons. The second kappa shape index (κ2) is 4.30. The largest absolute Gasteiger partial charge is 0.394 e. The van der Waals surface area contributed by atoms with Gasteiger partial charge in [0, 0.05) is 0 Å². The minimum absolute atomic E-state index is 0.209. The van der Waals surface area contributed by atoms with Gasteiger partial charge in [-0.1, -0.05) is 6.92 Å². The van der Waals surface area contributed by atoms with Gasteiger partial charge in [0.05, 0.1) is 30.6 Å². The molecule has 0 fully saturated rings. The fourth-order valence-electron chi connectivity index (χ4n) is 1.31. The first-order valence-electron chi connectivity index (χ1n) is 4.49. The molecule has 1 unspecified atom stereocenters. The topological polar surface area (TPSA) is 110 Å². The van der Waals surface area contributed by atoms with Crippen molar-refractivity contribution in [3.63, 3.8) is 0 Å². The molecule has 0 aliphatic carbocycles. The van der Waals surface area contributed by atoms with Crippen molar-refractivity contribution >= 4 is 11.5 Å². The summed E-state index contributed by atoms with van der Waals surface area (Å²) in [5, 5.41) is 21.9. The molecule has 0 bridgehead atoms. The van der Waals surface area contributed by atoms with E-state index in [0.29, 0.717) is 12.1 Å². The van der Waals surface area contributed by atoms with Crippen LogP contribution in [0.5, 0.6) is 0 Å². The Bertz CT molecular complexity index is 311. The molecule has 6 nitrogen and oxygen atoms in total. The summed E-state index contributed by atoms with van der Waals surface area (Å²) in [5.41, 5.74) is 12.5. The Morgan fingerprint density at radius 3 is 2.64 bits per heavy atom. The summed E-state index contributed by atoms with van der Waals surface area (Å²) in [6, 6.07) is 0. The van der Waals surface area contributed by atoms with Gasteiger partial charge < -0.3 is 21.7 Å². The van der Waals surface area contributed by atoms with Crippen LogP contribution in [0.4, 0.5) is 11.5 Å². The summed E-state index contributed by atoms with van der Waals surface area (Å²) in [6.45, 7) is 1.83. The van der Waals surface area contributed by atoms with Gasteiger partial charge in [-0.3, -0.25) is 4.68 Å². The van der Waals surface area contributed by atoms with Crippen LogP contribution in [0.25, 0.3) is 0 Å². The highest BCUT2D eigenvalue weighted by Gasteiger charge is 2.13. The van der Waals surface area contributed by atoms with E-state index in [9.17, 15) is 5.11 Å². The smallest absolute Gasteiger partial charge is 0.169 e. The van der Waals surface area contributed by atoms with Gasteiger partial charge in [0.15, 0.2) is 5.82 Å². The van der Waals surface area contributed by atoms with E-state index in [-0.39, 0.29) is 19.0 Å². The molecule has 0 amide bonds. The molecule has 0 spiro atoms. The number of nitrogens with two attached hydrogens (primary N) is 2. The molecule has 80 valence electrons. The van der Waals surface area contributed by atoms with Crippen LogP contribution in [0, 0.1) is 0 Å². The zero-order valence-electron chi connectivity index (χ0n) is 8.14. The molecule has 0 aromatic carbocycles. The highest BCUT2D eigenvalue weighted by molar-refractivity contribution is 5.61. The zero-order valence-corrected chi connectivity index (χ0v) is 8.14. The summed E-state index contributed by atoms with van der Waals surface area (Å²) in [4.78, 5) is 0. The van der Waals surface area contributed by atoms with E-state index in [1.807, 2.05) is 6.92 Å². The van der Waals surface area contributed by atoms with Crippen LogP contribution in [0.1, 0.15) is 12.6 Å². The maximum atomic E-state index is 9.24. The average molecular weight is 200 g/mol. The van der Waals surface area contributed by atoms with Crippen molar-refractivity contribution in [2.45, 2.75) is 26.0 Å². The van der Waals surface area contributed by atoms with Crippen LogP contribution in [0.2, 0.25) is 0 Å². The molecular formula is C8H16N4O2. The molecular weight excluding hydrogens is 184 g/mol. The van der Waals surface area contributed by atoms with E-state index < -0.39 is 6.10 Å². The third kappa shape index (κ3) is 1.97. The Labute approximate surface area is 82.1 Å². The predicted molar refractivity (Wildman–Crippen MR) is 53.5 cm³/mol. The van der Waals surface area contributed by atoms with Crippen LogP contribution in [-0.2, 0) is 13.0 Å². The summed E-state index contributed by atoms with van der Waals surface area (Å²) < 4.78 is 1.53. The van der Waals surface area contributed by atoms with E-state index in [2.05, 4.69) is 5.10 Å². The Balaban J connectivity index is 2.91. The number of aliphatic hydroxyl groups excluding tert-OH is 2. The molecule has 1 aromatic rings. The maximum absolute atomic E-state index is 9.24. The minimum Gasteiger partial charge on any atom is -0.394 e. The van der Waals surface area contributed by atoms with Gasteiger partial charge in [-0.2, -0.15) is 5.10 Å². The fourth-order valence-corrected chi connectivity index (χ4v) is 1.31. The van der Waals surface area contributed by atoms with Crippen molar-refractivity contribution in [1.82, 2.24) is 9.78 Å². The van der Waals surface area contributed by atoms with Gasteiger partial charge in [0.1, 0.15) is 0 Å². The fraction of sp³-hybridized carbons (Fsp3) is 0.625. The van der Waals surface area contributed by atoms with E-state index in [1.54, 1.807) is 0 Å². The standard InChI is InChI=1S/C8H16N4O2/c1-2-6-7(9)8(10)11-12(6)3-5(14)4-13/h5,13-14H,2-4,9H2,1H3,(H2,10,11). The third-order valence-electron chi connectivity index (χ3n) is 2.06. The summed E-state index contributed by atoms with van der Waals surface area (Å²) in [7, 11) is 0. The normalized spacial score (nSPS) is 13.1. The van der Waals surface area contributed by atoms with Gasteiger partial charge in [-0.25, -0.2) is 0 Å². The highest BCUT2D eigenvalue weighted by Crippen LogP contribution is 2.19. The summed E-state index contributed by atoms with van der Waals surface area (Å²) in [6.07, 6.45) is -0.146. The molecule has 1 heterocycles. The number of anilines is 2. The molecule has 1 atom stereocenters. The molecule has 0 saturated carbocycles. The Kier molecular flexibility index (Phi) is 3.32. The van der Waals surface area contributed by atoms with Gasteiger partial charge >= 0.3 is 0 Å². The Morgan fingerprint density at radius 1 is 1.50 bits per heavy atom. The summed E-state index contributed by atoms with van der Waals surface area (Å²) >= 11 is 0. The molecule has 1 aromatic heterocycles. The molecule has 0 aliphatic rings. The first-order valence-corrected chi connectivity index (χ1v) is 4.49. The predicted octanol–water partition coefficient (Wildman–Crippen LogP) is -1.04. The van der Waals surface area contributed by atoms with Crippen LogP contribution in [0.15, 0.2) is 0 Å². The quantitative estimate of drug-likeness (QED) is 0.496.